The summed E-state index contributed by atoms with van der Waals surface area (Å²) in [5.74, 6) is 0. The highest BCUT2D eigenvalue weighted by Gasteiger charge is 1.99. The van der Waals surface area contributed by atoms with E-state index in [1.165, 1.54) is 0 Å². The van der Waals surface area contributed by atoms with E-state index in [1.807, 2.05) is 6.07 Å². The molecule has 0 saturated carbocycles. The first-order valence-corrected chi connectivity index (χ1v) is 3.74. The molecule has 0 heterocycles. The van der Waals surface area contributed by atoms with Gasteiger partial charge in [-0.25, -0.2) is 0 Å². The fraction of sp³-hybridized carbons (Fsp3) is 0. The molecule has 2 rings (SSSR count). The molecule has 2 heteroatoms. The summed E-state index contributed by atoms with van der Waals surface area (Å²) in [5.41, 5.74) is 6.84. The zero-order chi connectivity index (χ0) is 9.26. The Labute approximate surface area is 76.7 Å². The van der Waals surface area contributed by atoms with Gasteiger partial charge in [0.1, 0.15) is 5.69 Å². The minimum atomic E-state index is 0.517. The van der Waals surface area contributed by atoms with Gasteiger partial charge < -0.3 is 5.73 Å². The van der Waals surface area contributed by atoms with Crippen LogP contribution < -0.4 is 5.73 Å². The first-order chi connectivity index (χ1) is 6.33. The SMILES string of the molecule is C=Nc1c#cc2ccc#cc2c1N. The third-order valence-electron chi connectivity index (χ3n) is 1.80. The molecule has 0 aliphatic carbocycles. The molecule has 0 unspecified atom stereocenters. The second-order valence-electron chi connectivity index (χ2n) is 2.56. The van der Waals surface area contributed by atoms with Crippen molar-refractivity contribution in [1.29, 1.82) is 0 Å². The van der Waals surface area contributed by atoms with Crippen LogP contribution in [0.25, 0.3) is 10.8 Å². The molecule has 0 amide bonds. The minimum absolute atomic E-state index is 0.517. The van der Waals surface area contributed by atoms with Crippen LogP contribution in [0.1, 0.15) is 0 Å². The Hall–Kier alpha value is -2.19. The van der Waals surface area contributed by atoms with Gasteiger partial charge in [-0.15, -0.1) is 0 Å². The molecule has 2 aromatic carbocycles. The molecule has 0 saturated heterocycles. The van der Waals surface area contributed by atoms with Crippen molar-refractivity contribution in [1.82, 2.24) is 0 Å². The molecular weight excluding hydrogens is 160 g/mol. The molecule has 2 N–H and O–H groups in total. The van der Waals surface area contributed by atoms with Gasteiger partial charge in [0, 0.05) is 5.39 Å². The van der Waals surface area contributed by atoms with Crippen molar-refractivity contribution in [2.24, 2.45) is 4.99 Å². The van der Waals surface area contributed by atoms with Gasteiger partial charge >= 0.3 is 0 Å². The van der Waals surface area contributed by atoms with Crippen LogP contribution >= 0.6 is 0 Å². The minimum Gasteiger partial charge on any atom is -0.395 e. The molecule has 2 aromatic rings. The van der Waals surface area contributed by atoms with Gasteiger partial charge in [-0.2, -0.15) is 0 Å². The van der Waals surface area contributed by atoms with Crippen molar-refractivity contribution < 1.29 is 0 Å². The van der Waals surface area contributed by atoms with Crippen LogP contribution in [0.4, 0.5) is 11.4 Å². The number of nitrogen functional groups attached to an aromatic ring is 1. The third-order valence-corrected chi connectivity index (χ3v) is 1.80. The second kappa shape index (κ2) is 2.69. The van der Waals surface area contributed by atoms with Crippen molar-refractivity contribution in [3.63, 3.8) is 0 Å². The van der Waals surface area contributed by atoms with Crippen LogP contribution in [0.2, 0.25) is 0 Å². The monoisotopic (exact) mass is 166 g/mol. The average Bonchev–Trinajstić information content (AvgIpc) is 2.19. The maximum Gasteiger partial charge on any atom is 0.137 e. The Morgan fingerprint density at radius 2 is 2.15 bits per heavy atom. The lowest BCUT2D eigenvalue weighted by Crippen LogP contribution is -1.85. The Morgan fingerprint density at radius 1 is 1.31 bits per heavy atom. The third kappa shape index (κ3) is 1.06. The number of rotatable bonds is 1. The van der Waals surface area contributed by atoms with E-state index < -0.39 is 0 Å². The molecule has 0 aliphatic rings. The fourth-order valence-corrected chi connectivity index (χ4v) is 1.14. The van der Waals surface area contributed by atoms with Crippen molar-refractivity contribution in [2.45, 2.75) is 0 Å². The smallest absolute Gasteiger partial charge is 0.137 e. The molecule has 0 aromatic heterocycles. The summed E-state index contributed by atoms with van der Waals surface area (Å²) in [6, 6.07) is 15.1. The van der Waals surface area contributed by atoms with Crippen LogP contribution in [-0.4, -0.2) is 6.72 Å². The standard InChI is InChI=1S/C11H6N2/c1-13-10-7-6-8-4-2-3-5-9(8)11(10)12/h2,4H,1,12H2. The van der Waals surface area contributed by atoms with E-state index in [-0.39, 0.29) is 0 Å². The normalized spacial score (nSPS) is 8.92. The molecule has 0 atom stereocenters. The molecule has 13 heavy (non-hydrogen) atoms. The van der Waals surface area contributed by atoms with Gasteiger partial charge in [0.25, 0.3) is 0 Å². The lowest BCUT2D eigenvalue weighted by molar-refractivity contribution is 1.59. The van der Waals surface area contributed by atoms with Gasteiger partial charge in [0.15, 0.2) is 0 Å². The quantitative estimate of drug-likeness (QED) is 0.646. The van der Waals surface area contributed by atoms with E-state index in [0.717, 1.165) is 10.8 Å². The topological polar surface area (TPSA) is 38.4 Å². The Morgan fingerprint density at radius 3 is 2.92 bits per heavy atom. The Bertz CT molecular complexity index is 461. The Kier molecular flexibility index (Phi) is 1.55. The second-order valence-corrected chi connectivity index (χ2v) is 2.56. The summed E-state index contributed by atoms with van der Waals surface area (Å²) >= 11 is 0. The van der Waals surface area contributed by atoms with Crippen LogP contribution in [0.3, 0.4) is 0 Å². The highest BCUT2D eigenvalue weighted by molar-refractivity contribution is 5.95. The highest BCUT2D eigenvalue weighted by Crippen LogP contribution is 2.25. The number of fused-ring (bicyclic) bond motifs is 1. The van der Waals surface area contributed by atoms with Gasteiger partial charge in [0.2, 0.25) is 0 Å². The first kappa shape index (κ1) is 7.46. The average molecular weight is 166 g/mol. The molecule has 0 aliphatic heterocycles. The molecule has 0 fully saturated rings. The van der Waals surface area contributed by atoms with Gasteiger partial charge in [0.05, 0.1) is 11.1 Å². The maximum absolute atomic E-state index is 5.79. The van der Waals surface area contributed by atoms with Crippen molar-refractivity contribution in [2.75, 3.05) is 5.73 Å². The van der Waals surface area contributed by atoms with Gasteiger partial charge in [-0.05, 0) is 24.9 Å². The summed E-state index contributed by atoms with van der Waals surface area (Å²) in [6.07, 6.45) is 0. The van der Waals surface area contributed by atoms with E-state index in [2.05, 4.69) is 36.0 Å². The number of nitrogens with zero attached hydrogens (tertiary/aromatic N) is 1. The predicted octanol–water partition coefficient (Wildman–Crippen LogP) is 1.95. The highest BCUT2D eigenvalue weighted by atomic mass is 14.7. The van der Waals surface area contributed by atoms with E-state index in [4.69, 9.17) is 5.73 Å². The van der Waals surface area contributed by atoms with Crippen molar-refractivity contribution >= 4 is 28.9 Å². The summed E-state index contributed by atoms with van der Waals surface area (Å²) in [6.45, 7) is 3.39. The van der Waals surface area contributed by atoms with Crippen molar-refractivity contribution in [3.05, 3.63) is 36.4 Å². The number of aliphatic imine (C=N–C) groups is 1. The molecule has 0 radical (unpaired) electrons. The number of hydrogen-bond donors (Lipinski definition) is 1. The first-order valence-electron chi connectivity index (χ1n) is 3.74. The summed E-state index contributed by atoms with van der Waals surface area (Å²) in [5, 5.41) is 1.63. The zero-order valence-corrected chi connectivity index (χ0v) is 6.89. The molecule has 0 bridgehead atoms. The maximum atomic E-state index is 5.79. The van der Waals surface area contributed by atoms with Gasteiger partial charge in [-0.1, -0.05) is 18.2 Å². The molecule has 0 spiro atoms. The largest absolute Gasteiger partial charge is 0.395 e. The lowest BCUT2D eigenvalue weighted by Gasteiger charge is -1.97. The molecule has 2 nitrogen and oxygen atoms in total. The zero-order valence-electron chi connectivity index (χ0n) is 6.89. The number of anilines is 1. The van der Waals surface area contributed by atoms with E-state index in [1.54, 1.807) is 6.07 Å². The fourth-order valence-electron chi connectivity index (χ4n) is 1.14. The summed E-state index contributed by atoms with van der Waals surface area (Å²) < 4.78 is 0. The molecular formula is C11H6N2. The van der Waals surface area contributed by atoms with Crippen LogP contribution in [0.15, 0.2) is 17.1 Å². The summed E-state index contributed by atoms with van der Waals surface area (Å²) in [4.78, 5) is 3.72. The predicted molar refractivity (Wildman–Crippen MR) is 52.9 cm³/mol. The van der Waals surface area contributed by atoms with E-state index in [0.29, 0.717) is 11.4 Å². The number of nitrogens with two attached hydrogens (primary N) is 1. The van der Waals surface area contributed by atoms with Crippen LogP contribution in [0, 0.1) is 24.3 Å². The van der Waals surface area contributed by atoms with Crippen molar-refractivity contribution in [3.8, 4) is 0 Å². The van der Waals surface area contributed by atoms with E-state index in [9.17, 15) is 0 Å². The summed E-state index contributed by atoms with van der Waals surface area (Å²) in [7, 11) is 0. The lowest BCUT2D eigenvalue weighted by atomic mass is 10.1. The van der Waals surface area contributed by atoms with Crippen LogP contribution in [0.5, 0.6) is 0 Å². The van der Waals surface area contributed by atoms with Crippen LogP contribution in [-0.2, 0) is 0 Å². The Balaban J connectivity index is 2.86. The number of hydrogen-bond acceptors (Lipinski definition) is 2. The van der Waals surface area contributed by atoms with Gasteiger partial charge in [-0.3, -0.25) is 4.99 Å². The van der Waals surface area contributed by atoms with E-state index >= 15 is 0 Å². The molecule has 60 valence electrons.